The zero-order chi connectivity index (χ0) is 16.8. The van der Waals surface area contributed by atoms with Crippen LogP contribution >= 0.6 is 63.0 Å². The maximum Gasteiger partial charge on any atom is 0.408 e. The van der Waals surface area contributed by atoms with Gasteiger partial charge in [0.1, 0.15) is 0 Å². The van der Waals surface area contributed by atoms with Crippen molar-refractivity contribution < 1.29 is 9.53 Å². The summed E-state index contributed by atoms with van der Waals surface area (Å²) in [5.41, 5.74) is 0.728. The molecule has 1 atom stereocenters. The first-order valence-corrected chi connectivity index (χ1v) is 8.39. The average Bonchev–Trinajstić information content (AvgIpc) is 2.37. The van der Waals surface area contributed by atoms with Crippen LogP contribution in [0.2, 0.25) is 0 Å². The topological polar surface area (TPSA) is 62.4 Å². The molecule has 0 aromatic heterocycles. The van der Waals surface area contributed by atoms with Crippen LogP contribution in [0.15, 0.2) is 28.7 Å². The van der Waals surface area contributed by atoms with Gasteiger partial charge < -0.3 is 15.4 Å². The van der Waals surface area contributed by atoms with E-state index >= 15 is 0 Å². The van der Waals surface area contributed by atoms with Crippen LogP contribution in [0.5, 0.6) is 0 Å². The van der Waals surface area contributed by atoms with Gasteiger partial charge in [-0.05, 0) is 37.3 Å². The molecular weight excluding hydrogens is 436 g/mol. The first-order valence-electron chi connectivity index (χ1n) is 6.05. The second-order valence-electron chi connectivity index (χ2n) is 3.95. The zero-order valence-electron chi connectivity index (χ0n) is 11.3. The Morgan fingerprint density at radius 3 is 2.64 bits per heavy atom. The van der Waals surface area contributed by atoms with Crippen molar-refractivity contribution in [1.29, 1.82) is 0 Å². The summed E-state index contributed by atoms with van der Waals surface area (Å²) >= 11 is 25.9. The number of hydrogen-bond acceptors (Lipinski definition) is 3. The highest BCUT2D eigenvalue weighted by molar-refractivity contribution is 9.10. The van der Waals surface area contributed by atoms with E-state index < -0.39 is 16.1 Å². The van der Waals surface area contributed by atoms with Gasteiger partial charge in [0.15, 0.2) is 11.3 Å². The number of alkyl carbamates (subject to hydrolysis) is 1. The van der Waals surface area contributed by atoms with Crippen LogP contribution in [-0.4, -0.2) is 27.8 Å². The van der Waals surface area contributed by atoms with Gasteiger partial charge in [-0.1, -0.05) is 56.8 Å². The predicted octanol–water partition coefficient (Wildman–Crippen LogP) is 4.18. The first kappa shape index (κ1) is 19.6. The second-order valence-corrected chi connectivity index (χ2v) is 7.64. The van der Waals surface area contributed by atoms with E-state index in [0.29, 0.717) is 0 Å². The molecule has 0 aliphatic heterocycles. The Morgan fingerprint density at radius 1 is 1.41 bits per heavy atom. The summed E-state index contributed by atoms with van der Waals surface area (Å²) < 4.78 is 3.80. The van der Waals surface area contributed by atoms with Crippen LogP contribution in [0.4, 0.5) is 10.5 Å². The molecule has 0 aliphatic rings. The maximum absolute atomic E-state index is 11.5. The van der Waals surface area contributed by atoms with Gasteiger partial charge in [0.05, 0.1) is 6.61 Å². The van der Waals surface area contributed by atoms with Crippen molar-refractivity contribution in [3.8, 4) is 0 Å². The highest BCUT2D eigenvalue weighted by Crippen LogP contribution is 2.29. The molecule has 0 saturated carbocycles. The normalized spacial score (nSPS) is 12.2. The Labute approximate surface area is 157 Å². The van der Waals surface area contributed by atoms with E-state index in [0.717, 1.165) is 10.2 Å². The van der Waals surface area contributed by atoms with E-state index in [2.05, 4.69) is 31.9 Å². The van der Waals surface area contributed by atoms with E-state index in [-0.39, 0.29) is 11.7 Å². The lowest BCUT2D eigenvalue weighted by atomic mass is 10.3. The number of amides is 1. The van der Waals surface area contributed by atoms with Crippen molar-refractivity contribution in [2.45, 2.75) is 16.9 Å². The number of hydrogen-bond donors (Lipinski definition) is 3. The van der Waals surface area contributed by atoms with Gasteiger partial charge in [-0.2, -0.15) is 0 Å². The van der Waals surface area contributed by atoms with Crippen molar-refractivity contribution in [3.05, 3.63) is 28.7 Å². The Kier molecular flexibility index (Phi) is 7.99. The van der Waals surface area contributed by atoms with Gasteiger partial charge in [-0.3, -0.25) is 5.32 Å². The molecule has 1 rings (SSSR count). The summed E-state index contributed by atoms with van der Waals surface area (Å²) in [6.45, 7) is 1.86. The molecule has 0 fully saturated rings. The first-order chi connectivity index (χ1) is 10.2. The zero-order valence-corrected chi connectivity index (χ0v) is 16.0. The number of carbonyl (C=O) groups is 1. The van der Waals surface area contributed by atoms with Crippen LogP contribution in [0.3, 0.4) is 0 Å². The van der Waals surface area contributed by atoms with Gasteiger partial charge in [0.25, 0.3) is 0 Å². The smallest absolute Gasteiger partial charge is 0.408 e. The van der Waals surface area contributed by atoms with Gasteiger partial charge >= 0.3 is 6.09 Å². The summed E-state index contributed by atoms with van der Waals surface area (Å²) in [6, 6.07) is 7.32. The van der Waals surface area contributed by atoms with Crippen LogP contribution in [0, 0.1) is 0 Å². The number of benzene rings is 1. The molecule has 3 N–H and O–H groups in total. The molecule has 0 heterocycles. The standard InChI is InChI=1S/C12H13BrCl3N3O2S/c1-2-21-11(20)19-9(12(14,15)16)18-10(22)17-8-5-3-4-7(13)6-8/h3-6,9H,2H2,1H3,(H,19,20)(H2,17,18,22)/t9-/m0/s1. The minimum Gasteiger partial charge on any atom is -0.450 e. The van der Waals surface area contributed by atoms with Crippen molar-refractivity contribution in [2.24, 2.45) is 0 Å². The molecule has 1 aromatic rings. The lowest BCUT2D eigenvalue weighted by Crippen LogP contribution is -2.56. The number of halogens is 4. The molecule has 0 radical (unpaired) electrons. The predicted molar refractivity (Wildman–Crippen MR) is 97.7 cm³/mol. The van der Waals surface area contributed by atoms with Crippen molar-refractivity contribution in [2.75, 3.05) is 11.9 Å². The monoisotopic (exact) mass is 447 g/mol. The molecule has 0 aliphatic carbocycles. The number of rotatable bonds is 4. The SMILES string of the molecule is CCOC(=O)N[C@H](NC(=S)Nc1cccc(Br)c1)C(Cl)(Cl)Cl. The number of anilines is 1. The molecule has 1 aromatic carbocycles. The van der Waals surface area contributed by atoms with Crippen LogP contribution in [-0.2, 0) is 4.74 Å². The van der Waals surface area contributed by atoms with Gasteiger partial charge in [-0.25, -0.2) is 4.79 Å². The summed E-state index contributed by atoms with van der Waals surface area (Å²) in [5, 5.41) is 8.18. The van der Waals surface area contributed by atoms with Gasteiger partial charge in [-0.15, -0.1) is 0 Å². The lowest BCUT2D eigenvalue weighted by Gasteiger charge is -2.27. The molecule has 5 nitrogen and oxygen atoms in total. The molecule has 0 spiro atoms. The number of carbonyl (C=O) groups excluding carboxylic acids is 1. The Balaban J connectivity index is 2.68. The minimum atomic E-state index is -1.82. The Bertz CT molecular complexity index is 543. The Hall–Kier alpha value is -0.470. The second kappa shape index (κ2) is 8.98. The van der Waals surface area contributed by atoms with E-state index in [9.17, 15) is 4.79 Å². The summed E-state index contributed by atoms with van der Waals surface area (Å²) in [6.07, 6.45) is -1.79. The molecule has 1 amide bonds. The number of ether oxygens (including phenoxy) is 1. The fraction of sp³-hybridized carbons (Fsp3) is 0.333. The fourth-order valence-corrected chi connectivity index (χ4v) is 2.32. The Morgan fingerprint density at radius 2 is 2.09 bits per heavy atom. The molecule has 22 heavy (non-hydrogen) atoms. The average molecular weight is 450 g/mol. The molecular formula is C12H13BrCl3N3O2S. The van der Waals surface area contributed by atoms with E-state index in [4.69, 9.17) is 51.8 Å². The van der Waals surface area contributed by atoms with Crippen molar-refractivity contribution in [3.63, 3.8) is 0 Å². The van der Waals surface area contributed by atoms with Crippen LogP contribution in [0.1, 0.15) is 6.92 Å². The number of alkyl halides is 3. The third kappa shape index (κ3) is 7.19. The molecule has 0 saturated heterocycles. The molecule has 0 bridgehead atoms. The van der Waals surface area contributed by atoms with E-state index in [1.54, 1.807) is 6.92 Å². The number of nitrogens with one attached hydrogen (secondary N) is 3. The fourth-order valence-electron chi connectivity index (χ4n) is 1.35. The molecule has 122 valence electrons. The van der Waals surface area contributed by atoms with Crippen molar-refractivity contribution >= 4 is 79.8 Å². The van der Waals surface area contributed by atoms with Crippen LogP contribution < -0.4 is 16.0 Å². The van der Waals surface area contributed by atoms with Gasteiger partial charge in [0, 0.05) is 10.2 Å². The third-order valence-electron chi connectivity index (χ3n) is 2.22. The minimum absolute atomic E-state index is 0.172. The summed E-state index contributed by atoms with van der Waals surface area (Å²) in [4.78, 5) is 11.5. The van der Waals surface area contributed by atoms with Crippen LogP contribution in [0.25, 0.3) is 0 Å². The molecule has 10 heteroatoms. The maximum atomic E-state index is 11.5. The van der Waals surface area contributed by atoms with E-state index in [1.807, 2.05) is 24.3 Å². The van der Waals surface area contributed by atoms with Gasteiger partial charge in [0.2, 0.25) is 3.79 Å². The highest BCUT2D eigenvalue weighted by Gasteiger charge is 2.35. The molecule has 0 unspecified atom stereocenters. The summed E-state index contributed by atoms with van der Waals surface area (Å²) in [5.74, 6) is 0. The highest BCUT2D eigenvalue weighted by atomic mass is 79.9. The lowest BCUT2D eigenvalue weighted by molar-refractivity contribution is 0.147. The summed E-state index contributed by atoms with van der Waals surface area (Å²) in [7, 11) is 0. The third-order valence-corrected chi connectivity index (χ3v) is 3.59. The quantitative estimate of drug-likeness (QED) is 0.366. The number of thiocarbonyl (C=S) groups is 1. The largest absolute Gasteiger partial charge is 0.450 e. The van der Waals surface area contributed by atoms with Crippen molar-refractivity contribution in [1.82, 2.24) is 10.6 Å². The van der Waals surface area contributed by atoms with E-state index in [1.165, 1.54) is 0 Å².